The van der Waals surface area contributed by atoms with Gasteiger partial charge < -0.3 is 15.2 Å². The number of amidine groups is 1. The summed E-state index contributed by atoms with van der Waals surface area (Å²) in [6, 6.07) is 4.74. The molecule has 0 amide bonds. The van der Waals surface area contributed by atoms with E-state index in [9.17, 15) is 10.5 Å². The lowest BCUT2D eigenvalue weighted by Gasteiger charge is -2.35. The van der Waals surface area contributed by atoms with Crippen LogP contribution >= 0.6 is 0 Å². The average molecular weight is 318 g/mol. The van der Waals surface area contributed by atoms with Crippen LogP contribution in [0.15, 0.2) is 4.99 Å². The molecule has 1 aliphatic carbocycles. The van der Waals surface area contributed by atoms with Gasteiger partial charge in [-0.15, -0.1) is 0 Å². The Hall–Kier alpha value is -1.63. The van der Waals surface area contributed by atoms with Gasteiger partial charge in [0.2, 0.25) is 0 Å². The lowest BCUT2D eigenvalue weighted by atomic mass is 9.81. The minimum Gasteiger partial charge on any atom is -0.386 e. The number of rotatable bonds is 8. The lowest BCUT2D eigenvalue weighted by Crippen LogP contribution is -2.45. The first-order chi connectivity index (χ1) is 11.0. The Morgan fingerprint density at radius 1 is 1.00 bits per heavy atom. The molecule has 1 saturated carbocycles. The molecule has 0 radical (unpaired) electrons. The van der Waals surface area contributed by atoms with Gasteiger partial charge in [-0.05, 0) is 26.7 Å². The van der Waals surface area contributed by atoms with E-state index < -0.39 is 22.2 Å². The fourth-order valence-electron chi connectivity index (χ4n) is 4.95. The number of nitriles is 2. The highest BCUT2D eigenvalue weighted by molar-refractivity contribution is 6.00. The molecule has 2 rings (SSSR count). The number of fused-ring (bicyclic) bond motifs is 1. The Labute approximate surface area is 138 Å². The second kappa shape index (κ2) is 5.78. The van der Waals surface area contributed by atoms with Gasteiger partial charge in [-0.2, -0.15) is 10.5 Å². The van der Waals surface area contributed by atoms with Gasteiger partial charge in [0.15, 0.2) is 5.41 Å². The molecular formula is C17H26N4O2. The monoisotopic (exact) mass is 318 g/mol. The van der Waals surface area contributed by atoms with Gasteiger partial charge in [0, 0.05) is 18.6 Å². The van der Waals surface area contributed by atoms with E-state index in [1.165, 1.54) is 0 Å². The van der Waals surface area contributed by atoms with Gasteiger partial charge in [0.05, 0.1) is 12.1 Å². The molecule has 2 aliphatic rings. The maximum atomic E-state index is 10.2. The van der Waals surface area contributed by atoms with Gasteiger partial charge in [-0.25, -0.2) is 4.99 Å². The molecule has 0 saturated heterocycles. The average Bonchev–Trinajstić information content (AvgIpc) is 2.95. The van der Waals surface area contributed by atoms with Crippen molar-refractivity contribution in [3.8, 4) is 12.1 Å². The molecule has 1 aliphatic heterocycles. The number of aliphatic imine (C=N–C) groups is 1. The van der Waals surface area contributed by atoms with Crippen LogP contribution in [-0.2, 0) is 9.47 Å². The van der Waals surface area contributed by atoms with Crippen LogP contribution in [0.25, 0.3) is 0 Å². The summed E-state index contributed by atoms with van der Waals surface area (Å²) in [5.74, 6) is -1.29. The van der Waals surface area contributed by atoms with Gasteiger partial charge in [-0.1, -0.05) is 26.7 Å². The molecule has 23 heavy (non-hydrogen) atoms. The van der Waals surface area contributed by atoms with Crippen molar-refractivity contribution in [1.82, 2.24) is 0 Å². The highest BCUT2D eigenvalue weighted by atomic mass is 16.7. The summed E-state index contributed by atoms with van der Waals surface area (Å²) in [4.78, 5) is 4.38. The maximum absolute atomic E-state index is 10.2. The van der Waals surface area contributed by atoms with Crippen LogP contribution in [0.4, 0.5) is 0 Å². The van der Waals surface area contributed by atoms with Gasteiger partial charge in [-0.3, -0.25) is 0 Å². The molecule has 126 valence electrons. The van der Waals surface area contributed by atoms with Crippen molar-refractivity contribution in [2.75, 3.05) is 13.2 Å². The van der Waals surface area contributed by atoms with Gasteiger partial charge in [0.25, 0.3) is 5.91 Å². The number of nitrogens with zero attached hydrogens (tertiary/aromatic N) is 3. The van der Waals surface area contributed by atoms with Crippen molar-refractivity contribution >= 4 is 5.84 Å². The zero-order chi connectivity index (χ0) is 17.4. The second-order valence-corrected chi connectivity index (χ2v) is 6.25. The lowest BCUT2D eigenvalue weighted by molar-refractivity contribution is -0.261. The Bertz CT molecular complexity index is 576. The van der Waals surface area contributed by atoms with Crippen molar-refractivity contribution in [3.05, 3.63) is 0 Å². The number of hydrogen-bond acceptors (Lipinski definition) is 6. The Morgan fingerprint density at radius 3 is 1.87 bits per heavy atom. The Kier molecular flexibility index (Phi) is 4.45. The minimum absolute atomic E-state index is 0.186. The first kappa shape index (κ1) is 17.7. The topological polar surface area (TPSA) is 104 Å². The molecule has 1 heterocycles. The summed E-state index contributed by atoms with van der Waals surface area (Å²) < 4.78 is 11.7. The van der Waals surface area contributed by atoms with Crippen molar-refractivity contribution in [2.45, 2.75) is 59.3 Å². The number of nitrogens with two attached hydrogens (primary N) is 1. The molecule has 0 spiro atoms. The predicted molar refractivity (Wildman–Crippen MR) is 85.9 cm³/mol. The van der Waals surface area contributed by atoms with Gasteiger partial charge in [0.1, 0.15) is 11.3 Å². The predicted octanol–water partition coefficient (Wildman–Crippen LogP) is 2.70. The highest BCUT2D eigenvalue weighted by Gasteiger charge is 2.99. The van der Waals surface area contributed by atoms with Crippen LogP contribution in [0, 0.1) is 38.9 Å². The van der Waals surface area contributed by atoms with E-state index in [1.54, 1.807) is 0 Å². The van der Waals surface area contributed by atoms with Gasteiger partial charge >= 0.3 is 0 Å². The summed E-state index contributed by atoms with van der Waals surface area (Å²) in [7, 11) is 0. The van der Waals surface area contributed by atoms with E-state index in [-0.39, 0.29) is 5.84 Å². The molecule has 0 aromatic heterocycles. The molecule has 0 aromatic rings. The molecule has 0 unspecified atom stereocenters. The van der Waals surface area contributed by atoms with Crippen molar-refractivity contribution in [2.24, 2.45) is 27.0 Å². The molecule has 2 atom stereocenters. The third-order valence-corrected chi connectivity index (χ3v) is 5.43. The summed E-state index contributed by atoms with van der Waals surface area (Å²) >= 11 is 0. The SMILES string of the molecule is CCCC1(CCC)[C@@]2(C#N)C(OCC)(OCC)N=C(N)[C@@]12C#N. The summed E-state index contributed by atoms with van der Waals surface area (Å²) in [5.41, 5.74) is 3.35. The van der Waals surface area contributed by atoms with Crippen molar-refractivity contribution in [3.63, 3.8) is 0 Å². The quantitative estimate of drug-likeness (QED) is 0.693. The summed E-state index contributed by atoms with van der Waals surface area (Å²) in [6.07, 6.45) is 3.16. The van der Waals surface area contributed by atoms with Crippen molar-refractivity contribution < 1.29 is 9.47 Å². The Balaban J connectivity index is 2.73. The summed E-state index contributed by atoms with van der Waals surface area (Å²) in [5, 5.41) is 20.2. The first-order valence-corrected chi connectivity index (χ1v) is 8.45. The first-order valence-electron chi connectivity index (χ1n) is 8.45. The largest absolute Gasteiger partial charge is 0.386 e. The second-order valence-electron chi connectivity index (χ2n) is 6.25. The maximum Gasteiger partial charge on any atom is 0.293 e. The van der Waals surface area contributed by atoms with E-state index in [2.05, 4.69) is 31.0 Å². The third kappa shape index (κ3) is 1.61. The van der Waals surface area contributed by atoms with Crippen molar-refractivity contribution in [1.29, 1.82) is 10.5 Å². The fourth-order valence-corrected chi connectivity index (χ4v) is 4.95. The molecule has 1 fully saturated rings. The van der Waals surface area contributed by atoms with Crippen LogP contribution in [-0.4, -0.2) is 25.0 Å². The standard InChI is InChI=1S/C17H26N4O2/c1-5-9-14(10-6-2)15(11-18)13(20)21-17(22-7-3,23-8-4)16(14,15)12-19/h5-10H2,1-4H3,(H2,20,21)/t15-,16+/m0/s1. The van der Waals surface area contributed by atoms with E-state index in [0.717, 1.165) is 25.7 Å². The fraction of sp³-hybridized carbons (Fsp3) is 0.824. The third-order valence-electron chi connectivity index (χ3n) is 5.43. The summed E-state index contributed by atoms with van der Waals surface area (Å²) in [6.45, 7) is 8.42. The number of ether oxygens (including phenoxy) is 2. The molecule has 6 heteroatoms. The minimum atomic E-state index is -1.48. The van der Waals surface area contributed by atoms with Crippen LogP contribution in [0.2, 0.25) is 0 Å². The smallest absolute Gasteiger partial charge is 0.293 e. The molecule has 0 bridgehead atoms. The van der Waals surface area contributed by atoms with Crippen LogP contribution < -0.4 is 5.73 Å². The van der Waals surface area contributed by atoms with E-state index >= 15 is 0 Å². The van der Waals surface area contributed by atoms with E-state index in [1.807, 2.05) is 13.8 Å². The zero-order valence-electron chi connectivity index (χ0n) is 14.5. The van der Waals surface area contributed by atoms with Crippen LogP contribution in [0.5, 0.6) is 0 Å². The van der Waals surface area contributed by atoms with Crippen LogP contribution in [0.3, 0.4) is 0 Å². The number of hydrogen-bond donors (Lipinski definition) is 1. The molecular weight excluding hydrogens is 292 g/mol. The van der Waals surface area contributed by atoms with Crippen LogP contribution in [0.1, 0.15) is 53.4 Å². The molecule has 6 nitrogen and oxygen atoms in total. The Morgan fingerprint density at radius 2 is 1.52 bits per heavy atom. The zero-order valence-corrected chi connectivity index (χ0v) is 14.5. The normalized spacial score (nSPS) is 32.5. The molecule has 2 N–H and O–H groups in total. The van der Waals surface area contributed by atoms with E-state index in [0.29, 0.717) is 13.2 Å². The molecule has 0 aromatic carbocycles. The highest BCUT2D eigenvalue weighted by Crippen LogP contribution is 2.88. The van der Waals surface area contributed by atoms with E-state index in [4.69, 9.17) is 15.2 Å².